The maximum atomic E-state index is 12.5. The van der Waals surface area contributed by atoms with E-state index < -0.39 is 0 Å². The van der Waals surface area contributed by atoms with Gasteiger partial charge < -0.3 is 19.4 Å². The summed E-state index contributed by atoms with van der Waals surface area (Å²) in [4.78, 5) is 16.8. The van der Waals surface area contributed by atoms with Gasteiger partial charge in [-0.25, -0.2) is 0 Å². The first-order chi connectivity index (χ1) is 14.1. The maximum absolute atomic E-state index is 12.5. The lowest BCUT2D eigenvalue weighted by Crippen LogP contribution is -2.27. The molecule has 0 aliphatic carbocycles. The van der Waals surface area contributed by atoms with E-state index in [-0.39, 0.29) is 5.91 Å². The fraction of sp³-hybridized carbons (Fsp3) is 0.300. The van der Waals surface area contributed by atoms with E-state index in [1.165, 1.54) is 14.2 Å². The number of aromatic nitrogens is 4. The van der Waals surface area contributed by atoms with Crippen LogP contribution in [0.25, 0.3) is 0 Å². The molecule has 152 valence electrons. The van der Waals surface area contributed by atoms with Gasteiger partial charge in [0.05, 0.1) is 25.5 Å². The van der Waals surface area contributed by atoms with Gasteiger partial charge in [-0.1, -0.05) is 23.9 Å². The zero-order valence-electron chi connectivity index (χ0n) is 16.6. The van der Waals surface area contributed by atoms with Crippen LogP contribution in [0.15, 0.2) is 47.8 Å². The molecule has 9 heteroatoms. The molecule has 8 nitrogen and oxygen atoms in total. The van der Waals surface area contributed by atoms with Crippen molar-refractivity contribution in [2.75, 3.05) is 20.8 Å². The number of nitrogens with zero attached hydrogens (tertiary/aromatic N) is 4. The normalized spacial score (nSPS) is 10.6. The molecule has 3 rings (SSSR count). The Morgan fingerprint density at radius 2 is 2.00 bits per heavy atom. The molecule has 0 spiro atoms. The molecular weight excluding hydrogens is 390 g/mol. The topological polar surface area (TPSA) is 91.2 Å². The fourth-order valence-corrected chi connectivity index (χ4v) is 3.60. The van der Waals surface area contributed by atoms with Gasteiger partial charge in [0, 0.05) is 32.0 Å². The number of pyridine rings is 1. The Morgan fingerprint density at radius 3 is 2.72 bits per heavy atom. The Bertz CT molecular complexity index is 962. The Kier molecular flexibility index (Phi) is 7.07. The molecule has 2 aromatic heterocycles. The Balaban J connectivity index is 1.56. The SMILES string of the molecule is COc1cccc(C(=O)NCCc2nnc(SCc3ccccn3)n2C)c1OC. The summed E-state index contributed by atoms with van der Waals surface area (Å²) in [7, 11) is 4.97. The molecule has 0 fully saturated rings. The molecule has 0 unspecified atom stereocenters. The smallest absolute Gasteiger partial charge is 0.255 e. The summed E-state index contributed by atoms with van der Waals surface area (Å²) in [5.41, 5.74) is 1.41. The molecule has 0 aliphatic rings. The highest BCUT2D eigenvalue weighted by Crippen LogP contribution is 2.30. The number of benzene rings is 1. The van der Waals surface area contributed by atoms with Crippen LogP contribution < -0.4 is 14.8 Å². The van der Waals surface area contributed by atoms with Crippen molar-refractivity contribution in [2.24, 2.45) is 7.05 Å². The number of hydrogen-bond donors (Lipinski definition) is 1. The highest BCUT2D eigenvalue weighted by atomic mass is 32.2. The number of nitrogens with one attached hydrogen (secondary N) is 1. The molecule has 0 saturated heterocycles. The van der Waals surface area contributed by atoms with Crippen molar-refractivity contribution in [3.05, 3.63) is 59.7 Å². The third-order valence-corrected chi connectivity index (χ3v) is 5.34. The highest BCUT2D eigenvalue weighted by Gasteiger charge is 2.16. The lowest BCUT2D eigenvalue weighted by molar-refractivity contribution is 0.0950. The third-order valence-electron chi connectivity index (χ3n) is 4.28. The van der Waals surface area contributed by atoms with Crippen molar-refractivity contribution < 1.29 is 14.3 Å². The molecule has 3 aromatic rings. The number of thioether (sulfide) groups is 1. The first-order valence-corrected chi connectivity index (χ1v) is 10.0. The van der Waals surface area contributed by atoms with E-state index in [0.717, 1.165) is 22.4 Å². The molecule has 29 heavy (non-hydrogen) atoms. The molecule has 0 bridgehead atoms. The van der Waals surface area contributed by atoms with Gasteiger partial charge in [0.25, 0.3) is 5.91 Å². The largest absolute Gasteiger partial charge is 0.493 e. The summed E-state index contributed by atoms with van der Waals surface area (Å²) in [5.74, 6) is 2.22. The van der Waals surface area contributed by atoms with Crippen LogP contribution in [0.5, 0.6) is 11.5 Å². The molecule has 0 atom stereocenters. The number of carbonyl (C=O) groups is 1. The van der Waals surface area contributed by atoms with Gasteiger partial charge in [-0.15, -0.1) is 10.2 Å². The van der Waals surface area contributed by atoms with Crippen LogP contribution in [0.4, 0.5) is 0 Å². The van der Waals surface area contributed by atoms with Crippen LogP contribution in [0.3, 0.4) is 0 Å². The van der Waals surface area contributed by atoms with Gasteiger partial charge in [-0.05, 0) is 24.3 Å². The second kappa shape index (κ2) is 9.92. The summed E-state index contributed by atoms with van der Waals surface area (Å²) < 4.78 is 12.5. The minimum absolute atomic E-state index is 0.229. The Morgan fingerprint density at radius 1 is 1.14 bits per heavy atom. The van der Waals surface area contributed by atoms with E-state index in [1.807, 2.05) is 29.8 Å². The number of ether oxygens (including phenoxy) is 2. The molecule has 0 aliphatic heterocycles. The van der Waals surface area contributed by atoms with Crippen LogP contribution in [0.1, 0.15) is 21.9 Å². The van der Waals surface area contributed by atoms with Crippen LogP contribution in [-0.2, 0) is 19.2 Å². The first-order valence-electron chi connectivity index (χ1n) is 9.04. The summed E-state index contributed by atoms with van der Waals surface area (Å²) in [5, 5.41) is 12.2. The third kappa shape index (κ3) is 5.05. The van der Waals surface area contributed by atoms with Gasteiger partial charge in [-0.3, -0.25) is 9.78 Å². The second-order valence-electron chi connectivity index (χ2n) is 6.11. The predicted molar refractivity (Wildman–Crippen MR) is 110 cm³/mol. The van der Waals surface area contributed by atoms with Gasteiger partial charge in [0.15, 0.2) is 16.7 Å². The van der Waals surface area contributed by atoms with Crippen LogP contribution in [0, 0.1) is 0 Å². The standard InChI is InChI=1S/C20H23N5O3S/c1-25-17(23-24-20(25)29-13-14-7-4-5-11-21-14)10-12-22-19(26)15-8-6-9-16(27-2)18(15)28-3/h4-9,11H,10,12-13H2,1-3H3,(H,22,26). The monoisotopic (exact) mass is 413 g/mol. The summed E-state index contributed by atoms with van der Waals surface area (Å²) in [6, 6.07) is 11.0. The molecule has 1 amide bonds. The lowest BCUT2D eigenvalue weighted by Gasteiger charge is -2.12. The molecule has 2 heterocycles. The van der Waals surface area contributed by atoms with E-state index in [0.29, 0.717) is 30.0 Å². The van der Waals surface area contributed by atoms with E-state index in [4.69, 9.17) is 9.47 Å². The summed E-state index contributed by atoms with van der Waals surface area (Å²) >= 11 is 1.58. The second-order valence-corrected chi connectivity index (χ2v) is 7.06. The fourth-order valence-electron chi connectivity index (χ4n) is 2.76. The molecule has 0 saturated carbocycles. The van der Waals surface area contributed by atoms with E-state index >= 15 is 0 Å². The molecule has 0 radical (unpaired) electrons. The number of amides is 1. The highest BCUT2D eigenvalue weighted by molar-refractivity contribution is 7.98. The minimum atomic E-state index is -0.229. The first kappa shape index (κ1) is 20.7. The minimum Gasteiger partial charge on any atom is -0.493 e. The van der Waals surface area contributed by atoms with Crippen LogP contribution in [-0.4, -0.2) is 46.4 Å². The number of para-hydroxylation sites is 1. The van der Waals surface area contributed by atoms with E-state index in [9.17, 15) is 4.79 Å². The van der Waals surface area contributed by atoms with Crippen molar-refractivity contribution in [3.8, 4) is 11.5 Å². The zero-order chi connectivity index (χ0) is 20.6. The van der Waals surface area contributed by atoms with Crippen LogP contribution in [0.2, 0.25) is 0 Å². The van der Waals surface area contributed by atoms with Gasteiger partial charge in [0.2, 0.25) is 0 Å². The summed E-state index contributed by atoms with van der Waals surface area (Å²) in [6.45, 7) is 0.427. The van der Waals surface area contributed by atoms with Crippen molar-refractivity contribution in [2.45, 2.75) is 17.3 Å². The predicted octanol–water partition coefficient (Wildman–Crippen LogP) is 2.49. The zero-order valence-corrected chi connectivity index (χ0v) is 17.4. The van der Waals surface area contributed by atoms with Gasteiger partial charge in [-0.2, -0.15) is 0 Å². The van der Waals surface area contributed by atoms with Crippen molar-refractivity contribution in [3.63, 3.8) is 0 Å². The quantitative estimate of drug-likeness (QED) is 0.539. The maximum Gasteiger partial charge on any atom is 0.255 e. The number of methoxy groups -OCH3 is 2. The number of hydrogen-bond acceptors (Lipinski definition) is 7. The van der Waals surface area contributed by atoms with Crippen molar-refractivity contribution in [1.82, 2.24) is 25.1 Å². The summed E-state index contributed by atoms with van der Waals surface area (Å²) in [6.07, 6.45) is 2.34. The molecule has 1 N–H and O–H groups in total. The lowest BCUT2D eigenvalue weighted by atomic mass is 10.1. The van der Waals surface area contributed by atoms with Gasteiger partial charge >= 0.3 is 0 Å². The average Bonchev–Trinajstić information content (AvgIpc) is 3.11. The Hall–Kier alpha value is -3.07. The molecular formula is C20H23N5O3S. The van der Waals surface area contributed by atoms with Gasteiger partial charge in [0.1, 0.15) is 5.82 Å². The van der Waals surface area contributed by atoms with Crippen molar-refractivity contribution >= 4 is 17.7 Å². The van der Waals surface area contributed by atoms with Crippen LogP contribution >= 0.6 is 11.8 Å². The average molecular weight is 414 g/mol. The number of rotatable bonds is 9. The van der Waals surface area contributed by atoms with E-state index in [2.05, 4.69) is 20.5 Å². The molecule has 1 aromatic carbocycles. The van der Waals surface area contributed by atoms with E-state index in [1.54, 1.807) is 36.2 Å². The number of carbonyl (C=O) groups excluding carboxylic acids is 1. The Labute approximate surface area is 173 Å². The van der Waals surface area contributed by atoms with Crippen molar-refractivity contribution in [1.29, 1.82) is 0 Å².